The fourth-order valence-corrected chi connectivity index (χ4v) is 4.72. The molecular weight excluding hydrogens is 358 g/mol. The Balaban J connectivity index is 2.15. The van der Waals surface area contributed by atoms with Crippen LogP contribution in [0.25, 0.3) is 11.0 Å². The Morgan fingerprint density at radius 3 is 2.74 bits per heavy atom. The molecule has 1 saturated carbocycles. The second kappa shape index (κ2) is 8.07. The third kappa shape index (κ3) is 3.65. The molecular formula is C21H29N3O2S. The number of hydrogen-bond donors (Lipinski definition) is 1. The lowest BCUT2D eigenvalue weighted by atomic mass is 9.71. The number of imidazole rings is 1. The SMILES string of the molecule is C=C1CC[C@@H](C(C)C)[C@H](C(=O)n2c(=O)n(CCN)c3cc(SC)ccc32)C1. The third-order valence-corrected chi connectivity index (χ3v) is 6.47. The van der Waals surface area contributed by atoms with Crippen LogP contribution in [0, 0.1) is 17.8 Å². The van der Waals surface area contributed by atoms with Crippen molar-refractivity contribution in [1.82, 2.24) is 9.13 Å². The maximum absolute atomic E-state index is 13.5. The molecule has 0 unspecified atom stereocenters. The summed E-state index contributed by atoms with van der Waals surface area (Å²) in [7, 11) is 0. The first-order valence-electron chi connectivity index (χ1n) is 9.59. The number of nitrogens with zero attached hydrogens (tertiary/aromatic N) is 2. The summed E-state index contributed by atoms with van der Waals surface area (Å²) in [5.41, 5.74) is 8.01. The van der Waals surface area contributed by atoms with Crippen LogP contribution in [0.3, 0.4) is 0 Å². The maximum Gasteiger partial charge on any atom is 0.336 e. The van der Waals surface area contributed by atoms with Crippen molar-refractivity contribution in [1.29, 1.82) is 0 Å². The second-order valence-corrected chi connectivity index (χ2v) is 8.64. The van der Waals surface area contributed by atoms with Gasteiger partial charge in [0.15, 0.2) is 0 Å². The highest BCUT2D eigenvalue weighted by Gasteiger charge is 2.36. The van der Waals surface area contributed by atoms with E-state index in [1.807, 2.05) is 24.5 Å². The number of thioether (sulfide) groups is 1. The predicted molar refractivity (Wildman–Crippen MR) is 112 cm³/mol. The number of allylic oxidation sites excluding steroid dienone is 1. The number of benzene rings is 1. The minimum Gasteiger partial charge on any atom is -0.329 e. The van der Waals surface area contributed by atoms with Crippen molar-refractivity contribution in [3.05, 3.63) is 40.8 Å². The Kier molecular flexibility index (Phi) is 5.96. The summed E-state index contributed by atoms with van der Waals surface area (Å²) in [6, 6.07) is 5.82. The molecule has 0 amide bonds. The molecule has 1 aliphatic carbocycles. The fraction of sp³-hybridized carbons (Fsp3) is 0.524. The van der Waals surface area contributed by atoms with E-state index in [1.54, 1.807) is 16.3 Å². The molecule has 0 radical (unpaired) electrons. The molecule has 1 fully saturated rings. The van der Waals surface area contributed by atoms with Crippen LogP contribution < -0.4 is 11.4 Å². The molecule has 1 aromatic carbocycles. The van der Waals surface area contributed by atoms with Crippen molar-refractivity contribution in [2.24, 2.45) is 23.5 Å². The summed E-state index contributed by atoms with van der Waals surface area (Å²) < 4.78 is 3.02. The lowest BCUT2D eigenvalue weighted by Crippen LogP contribution is -2.39. The number of fused-ring (bicyclic) bond motifs is 1. The van der Waals surface area contributed by atoms with Crippen molar-refractivity contribution in [2.75, 3.05) is 12.8 Å². The van der Waals surface area contributed by atoms with Gasteiger partial charge in [-0.1, -0.05) is 26.0 Å². The van der Waals surface area contributed by atoms with Gasteiger partial charge in [0.2, 0.25) is 5.91 Å². The average Bonchev–Trinajstić information content (AvgIpc) is 2.92. The molecule has 0 spiro atoms. The highest BCUT2D eigenvalue weighted by Crippen LogP contribution is 2.38. The molecule has 2 aromatic rings. The van der Waals surface area contributed by atoms with Crippen LogP contribution >= 0.6 is 11.8 Å². The number of carbonyl (C=O) groups is 1. The first-order chi connectivity index (χ1) is 12.9. The standard InChI is InChI=1S/C21H29N3O2S/c1-13(2)16-7-5-14(3)11-17(16)20(25)24-18-8-6-15(27-4)12-19(18)23(10-9-22)21(24)26/h6,8,12-13,16-17H,3,5,7,9-11,22H2,1-2,4H3/t16-,17+/m0/s1. The van der Waals surface area contributed by atoms with Gasteiger partial charge < -0.3 is 5.73 Å². The van der Waals surface area contributed by atoms with Gasteiger partial charge in [0.1, 0.15) is 0 Å². The average molecular weight is 388 g/mol. The maximum atomic E-state index is 13.5. The Bertz CT molecular complexity index is 925. The van der Waals surface area contributed by atoms with Crippen molar-refractivity contribution < 1.29 is 4.79 Å². The largest absolute Gasteiger partial charge is 0.336 e. The minimum absolute atomic E-state index is 0.0998. The molecule has 0 bridgehead atoms. The van der Waals surface area contributed by atoms with E-state index in [2.05, 4.69) is 20.4 Å². The number of carbonyl (C=O) groups excluding carboxylic acids is 1. The first-order valence-corrected chi connectivity index (χ1v) is 10.8. The van der Waals surface area contributed by atoms with Crippen molar-refractivity contribution >= 4 is 28.7 Å². The molecule has 5 nitrogen and oxygen atoms in total. The van der Waals surface area contributed by atoms with Crippen molar-refractivity contribution in [3.63, 3.8) is 0 Å². The van der Waals surface area contributed by atoms with Crippen LogP contribution in [0.2, 0.25) is 0 Å². The molecule has 0 aliphatic heterocycles. The Morgan fingerprint density at radius 1 is 1.37 bits per heavy atom. The first kappa shape index (κ1) is 20.0. The van der Waals surface area contributed by atoms with Crippen molar-refractivity contribution in [3.8, 4) is 0 Å². The Morgan fingerprint density at radius 2 is 2.11 bits per heavy atom. The van der Waals surface area contributed by atoms with Gasteiger partial charge in [0, 0.05) is 23.9 Å². The van der Waals surface area contributed by atoms with Gasteiger partial charge in [0.05, 0.1) is 11.0 Å². The smallest absolute Gasteiger partial charge is 0.329 e. The zero-order chi connectivity index (χ0) is 19.7. The molecule has 3 rings (SSSR count). The molecule has 2 atom stereocenters. The highest BCUT2D eigenvalue weighted by molar-refractivity contribution is 7.98. The van der Waals surface area contributed by atoms with Gasteiger partial charge in [-0.2, -0.15) is 0 Å². The number of hydrogen-bond acceptors (Lipinski definition) is 4. The van der Waals surface area contributed by atoms with Gasteiger partial charge in [-0.05, 0) is 55.6 Å². The van der Waals surface area contributed by atoms with E-state index < -0.39 is 0 Å². The quantitative estimate of drug-likeness (QED) is 0.626. The van der Waals surface area contributed by atoms with E-state index in [-0.39, 0.29) is 23.4 Å². The molecule has 2 N–H and O–H groups in total. The van der Waals surface area contributed by atoms with Crippen LogP contribution in [-0.4, -0.2) is 27.8 Å². The third-order valence-electron chi connectivity index (χ3n) is 5.74. The van der Waals surface area contributed by atoms with Gasteiger partial charge in [-0.3, -0.25) is 9.36 Å². The van der Waals surface area contributed by atoms with E-state index in [4.69, 9.17) is 5.73 Å². The fourth-order valence-electron chi connectivity index (χ4n) is 4.29. The molecule has 27 heavy (non-hydrogen) atoms. The molecule has 1 aromatic heterocycles. The zero-order valence-electron chi connectivity index (χ0n) is 16.4. The number of nitrogens with two attached hydrogens (primary N) is 1. The van der Waals surface area contributed by atoms with Gasteiger partial charge in [0.25, 0.3) is 0 Å². The lowest BCUT2D eigenvalue weighted by molar-refractivity contribution is 0.0719. The molecule has 1 heterocycles. The van der Waals surface area contributed by atoms with E-state index >= 15 is 0 Å². The second-order valence-electron chi connectivity index (χ2n) is 7.76. The van der Waals surface area contributed by atoms with Crippen LogP contribution in [0.5, 0.6) is 0 Å². The Hall–Kier alpha value is -1.79. The number of aromatic nitrogens is 2. The van der Waals surface area contributed by atoms with E-state index in [0.717, 1.165) is 28.8 Å². The van der Waals surface area contributed by atoms with Crippen LogP contribution in [0.4, 0.5) is 0 Å². The summed E-state index contributed by atoms with van der Waals surface area (Å²) >= 11 is 1.61. The molecule has 1 aliphatic rings. The summed E-state index contributed by atoms with van der Waals surface area (Å²) in [6.07, 6.45) is 4.59. The summed E-state index contributed by atoms with van der Waals surface area (Å²) in [5.74, 6) is 0.370. The summed E-state index contributed by atoms with van der Waals surface area (Å²) in [4.78, 5) is 27.7. The van der Waals surface area contributed by atoms with Gasteiger partial charge >= 0.3 is 5.69 Å². The molecule has 6 heteroatoms. The van der Waals surface area contributed by atoms with Gasteiger partial charge in [-0.25, -0.2) is 9.36 Å². The van der Waals surface area contributed by atoms with E-state index in [1.165, 1.54) is 4.57 Å². The van der Waals surface area contributed by atoms with E-state index in [9.17, 15) is 9.59 Å². The van der Waals surface area contributed by atoms with E-state index in [0.29, 0.717) is 30.9 Å². The molecule has 146 valence electrons. The molecule has 0 saturated heterocycles. The lowest BCUT2D eigenvalue weighted by Gasteiger charge is -2.34. The zero-order valence-corrected chi connectivity index (χ0v) is 17.2. The summed E-state index contributed by atoms with van der Waals surface area (Å²) in [5, 5.41) is 0. The van der Waals surface area contributed by atoms with Gasteiger partial charge in [-0.15, -0.1) is 11.8 Å². The topological polar surface area (TPSA) is 70.0 Å². The monoisotopic (exact) mass is 387 g/mol. The predicted octanol–water partition coefficient (Wildman–Crippen LogP) is 3.75. The number of rotatable bonds is 5. The van der Waals surface area contributed by atoms with Crippen molar-refractivity contribution in [2.45, 2.75) is 44.6 Å². The normalized spacial score (nSPS) is 20.6. The van der Waals surface area contributed by atoms with Crippen LogP contribution in [-0.2, 0) is 6.54 Å². The Labute approximate surface area is 164 Å². The summed E-state index contributed by atoms with van der Waals surface area (Å²) in [6.45, 7) is 9.18. The van der Waals surface area contributed by atoms with Crippen LogP contribution in [0.15, 0.2) is 40.0 Å². The highest BCUT2D eigenvalue weighted by atomic mass is 32.2. The minimum atomic E-state index is -0.280. The van der Waals surface area contributed by atoms with Crippen LogP contribution in [0.1, 0.15) is 37.9 Å².